The van der Waals surface area contributed by atoms with E-state index in [0.717, 1.165) is 30.4 Å². The Labute approximate surface area is 324 Å². The summed E-state index contributed by atoms with van der Waals surface area (Å²) in [6.45, 7) is 6.00. The minimum atomic E-state index is -1.85. The van der Waals surface area contributed by atoms with E-state index in [1.54, 1.807) is 0 Å². The molecule has 0 radical (unpaired) electrons. The second-order valence-electron chi connectivity index (χ2n) is 13.2. The van der Waals surface area contributed by atoms with Crippen LogP contribution in [0.1, 0.15) is 88.7 Å². The maximum absolute atomic E-state index is 14.4. The number of ketones is 1. The molecule has 0 unspecified atom stereocenters. The molecule has 1 heterocycles. The van der Waals surface area contributed by atoms with Crippen molar-refractivity contribution in [3.8, 4) is 0 Å². The Hall–Kier alpha value is -2.21. The van der Waals surface area contributed by atoms with Crippen molar-refractivity contribution < 1.29 is 38.4 Å². The summed E-state index contributed by atoms with van der Waals surface area (Å²) in [5, 5.41) is 14.4. The molecule has 0 spiro atoms. The predicted molar refractivity (Wildman–Crippen MR) is 205 cm³/mol. The van der Waals surface area contributed by atoms with Crippen LogP contribution in [0.15, 0.2) is 73.3 Å². The van der Waals surface area contributed by atoms with Gasteiger partial charge in [0.2, 0.25) is 3.79 Å². The number of carbonyl (C=O) groups excluding carboxylic acids is 2. The predicted octanol–water partition coefficient (Wildman–Crippen LogP) is 9.04. The van der Waals surface area contributed by atoms with Crippen LogP contribution in [-0.4, -0.2) is 71.2 Å². The summed E-state index contributed by atoms with van der Waals surface area (Å²) in [4.78, 5) is 27.4. The number of halogens is 3. The molecule has 6 atom stereocenters. The van der Waals surface area contributed by atoms with Gasteiger partial charge in [-0.1, -0.05) is 166 Å². The van der Waals surface area contributed by atoms with Crippen molar-refractivity contribution in [3.63, 3.8) is 0 Å². The molecule has 290 valence electrons. The second kappa shape index (κ2) is 25.0. The first-order valence-corrected chi connectivity index (χ1v) is 19.6. The third kappa shape index (κ3) is 17.3. The highest BCUT2D eigenvalue weighted by atomic mass is 35.6. The van der Waals surface area contributed by atoms with Gasteiger partial charge in [-0.05, 0) is 17.5 Å². The smallest absolute Gasteiger partial charge is 0.407 e. The Balaban J connectivity index is 1.78. The van der Waals surface area contributed by atoms with Crippen LogP contribution in [0, 0.1) is 5.92 Å². The molecule has 12 heteroatoms. The van der Waals surface area contributed by atoms with Gasteiger partial charge in [0, 0.05) is 6.42 Å². The third-order valence-electron chi connectivity index (χ3n) is 8.92. The number of aliphatic hydroxyl groups is 1. The number of Topliss-reactive ketones (excluding diaryl/α,β-unsaturated/α-hetero) is 1. The average molecular weight is 785 g/mol. The molecule has 1 saturated heterocycles. The second-order valence-corrected chi connectivity index (χ2v) is 15.8. The van der Waals surface area contributed by atoms with Gasteiger partial charge in [0.1, 0.15) is 18.5 Å². The zero-order valence-electron chi connectivity index (χ0n) is 30.3. The number of amides is 1. The van der Waals surface area contributed by atoms with Gasteiger partial charge < -0.3 is 34.1 Å². The van der Waals surface area contributed by atoms with Gasteiger partial charge in [0.05, 0.1) is 50.6 Å². The van der Waals surface area contributed by atoms with Gasteiger partial charge in [0.15, 0.2) is 6.29 Å². The van der Waals surface area contributed by atoms with E-state index < -0.39 is 53.1 Å². The molecule has 0 bridgehead atoms. The van der Waals surface area contributed by atoms with Crippen LogP contribution >= 0.6 is 34.8 Å². The molecule has 2 aromatic rings. The molecule has 2 N–H and O–H groups in total. The highest BCUT2D eigenvalue weighted by Crippen LogP contribution is 2.32. The fraction of sp³-hybridized carbons (Fsp3) is 0.600. The van der Waals surface area contributed by atoms with Crippen molar-refractivity contribution in [1.29, 1.82) is 0 Å². The van der Waals surface area contributed by atoms with Crippen LogP contribution < -0.4 is 5.32 Å². The summed E-state index contributed by atoms with van der Waals surface area (Å²) >= 11 is 17.4. The fourth-order valence-corrected chi connectivity index (χ4v) is 6.37. The van der Waals surface area contributed by atoms with Crippen molar-refractivity contribution in [2.75, 3.05) is 19.8 Å². The minimum absolute atomic E-state index is 0.00126. The van der Waals surface area contributed by atoms with E-state index in [1.165, 1.54) is 44.6 Å². The lowest BCUT2D eigenvalue weighted by molar-refractivity contribution is -0.256. The van der Waals surface area contributed by atoms with Crippen LogP contribution in [0.25, 0.3) is 0 Å². The van der Waals surface area contributed by atoms with Crippen LogP contribution in [0.3, 0.4) is 0 Å². The molecule has 1 aliphatic heterocycles. The summed E-state index contributed by atoms with van der Waals surface area (Å²) in [5.41, 5.74) is 1.92. The fourth-order valence-electron chi connectivity index (χ4n) is 6.21. The molecule has 9 nitrogen and oxygen atoms in total. The number of unbranched alkanes of at least 4 members (excludes halogenated alkanes) is 8. The number of nitrogens with one attached hydrogen (secondary N) is 1. The quantitative estimate of drug-likeness (QED) is 0.0583. The van der Waals surface area contributed by atoms with Gasteiger partial charge in [-0.3, -0.25) is 4.79 Å². The largest absolute Gasteiger partial charge is 0.445 e. The van der Waals surface area contributed by atoms with E-state index in [0.29, 0.717) is 13.0 Å². The lowest BCUT2D eigenvalue weighted by Crippen LogP contribution is -2.64. The number of alkyl carbamates (subject to hydrolysis) is 1. The van der Waals surface area contributed by atoms with Crippen LogP contribution in [0.5, 0.6) is 0 Å². The Morgan fingerprint density at radius 2 is 1.52 bits per heavy atom. The van der Waals surface area contributed by atoms with Crippen molar-refractivity contribution in [2.45, 2.75) is 125 Å². The van der Waals surface area contributed by atoms with E-state index in [2.05, 4.69) is 18.8 Å². The van der Waals surface area contributed by atoms with E-state index in [-0.39, 0.29) is 32.0 Å². The Morgan fingerprint density at radius 1 is 0.923 bits per heavy atom. The summed E-state index contributed by atoms with van der Waals surface area (Å²) < 4.78 is 27.6. The van der Waals surface area contributed by atoms with Gasteiger partial charge in [-0.2, -0.15) is 0 Å². The zero-order valence-corrected chi connectivity index (χ0v) is 32.5. The summed E-state index contributed by atoms with van der Waals surface area (Å²) in [7, 11) is 0. The Kier molecular flexibility index (Phi) is 21.2. The van der Waals surface area contributed by atoms with Crippen LogP contribution in [0.4, 0.5) is 4.79 Å². The van der Waals surface area contributed by atoms with Crippen molar-refractivity contribution in [3.05, 3.63) is 84.4 Å². The van der Waals surface area contributed by atoms with Gasteiger partial charge in [-0.25, -0.2) is 4.79 Å². The topological polar surface area (TPSA) is 113 Å². The number of hydrogen-bond donors (Lipinski definition) is 2. The van der Waals surface area contributed by atoms with Gasteiger partial charge in [0.25, 0.3) is 0 Å². The SMILES string of the molecule is C=CCO[C@H]1O[C@H](COCc2ccccc2)[C@@H](O)[C@H](C(=O)C[C@@H](CCCCCCCCCCC)OCc2ccccc2)[C@H]1NC(=O)OCC(Cl)(Cl)Cl. The zero-order chi connectivity index (χ0) is 37.6. The molecule has 2 aromatic carbocycles. The molecule has 52 heavy (non-hydrogen) atoms. The average Bonchev–Trinajstić information content (AvgIpc) is 3.13. The number of alkyl halides is 3. The number of benzene rings is 2. The third-order valence-corrected chi connectivity index (χ3v) is 9.25. The van der Waals surface area contributed by atoms with Gasteiger partial charge >= 0.3 is 6.09 Å². The molecule has 1 fully saturated rings. The van der Waals surface area contributed by atoms with E-state index in [9.17, 15) is 14.7 Å². The molecule has 1 aliphatic rings. The number of aliphatic hydroxyl groups excluding tert-OH is 1. The number of ether oxygens (including phenoxy) is 5. The van der Waals surface area contributed by atoms with E-state index >= 15 is 0 Å². The minimum Gasteiger partial charge on any atom is -0.445 e. The van der Waals surface area contributed by atoms with E-state index in [4.69, 9.17) is 58.5 Å². The number of rotatable bonds is 25. The van der Waals surface area contributed by atoms with Crippen LogP contribution in [-0.2, 0) is 41.7 Å². The van der Waals surface area contributed by atoms with Crippen molar-refractivity contribution >= 4 is 46.7 Å². The van der Waals surface area contributed by atoms with Crippen molar-refractivity contribution in [2.24, 2.45) is 5.92 Å². The summed E-state index contributed by atoms with van der Waals surface area (Å²) in [6.07, 6.45) is 7.83. The highest BCUT2D eigenvalue weighted by molar-refractivity contribution is 6.67. The molecular weight excluding hydrogens is 729 g/mol. The van der Waals surface area contributed by atoms with E-state index in [1.807, 2.05) is 60.7 Å². The highest BCUT2D eigenvalue weighted by Gasteiger charge is 2.50. The lowest BCUT2D eigenvalue weighted by atomic mass is 9.81. The first kappa shape index (κ1) is 44.2. The van der Waals surface area contributed by atoms with Gasteiger partial charge in [-0.15, -0.1) is 6.58 Å². The first-order valence-electron chi connectivity index (χ1n) is 18.5. The molecule has 1 amide bonds. The molecule has 3 rings (SSSR count). The maximum atomic E-state index is 14.4. The molecular formula is C40H56Cl3NO8. The van der Waals surface area contributed by atoms with Crippen molar-refractivity contribution in [1.82, 2.24) is 5.32 Å². The maximum Gasteiger partial charge on any atom is 0.407 e. The number of hydrogen-bond acceptors (Lipinski definition) is 8. The normalized spacial score (nSPS) is 21.0. The molecule has 0 aliphatic carbocycles. The standard InChI is InChI=1S/C40H56Cl3NO8/c1-3-5-6-7-8-9-10-11-18-23-32(50-27-31-21-16-13-17-22-31)25-33(45)35-36(44-39(47)51-29-40(41,42)43)38(49-24-4-2)52-34(37(35)46)28-48-26-30-19-14-12-15-20-30/h4,12-17,19-22,32,34-38,46H,2-3,5-11,18,23-29H2,1H3,(H,44,47)/t32-,34-,35-,36-,37-,38+/m1/s1. The number of carbonyl (C=O) groups is 2. The Morgan fingerprint density at radius 3 is 2.12 bits per heavy atom. The summed E-state index contributed by atoms with van der Waals surface area (Å²) in [5.74, 6) is -1.49. The molecule has 0 aromatic heterocycles. The molecule has 0 saturated carbocycles. The lowest BCUT2D eigenvalue weighted by Gasteiger charge is -2.44. The monoisotopic (exact) mass is 783 g/mol. The first-order chi connectivity index (χ1) is 25.1. The summed E-state index contributed by atoms with van der Waals surface area (Å²) in [6, 6.07) is 18.2. The Bertz CT molecular complexity index is 1280. The van der Waals surface area contributed by atoms with Crippen LogP contribution in [0.2, 0.25) is 0 Å².